The molecule has 2 aromatic rings. The Morgan fingerprint density at radius 2 is 1.73 bits per heavy atom. The number of fused-ring (bicyclic) bond motifs is 1. The van der Waals surface area contributed by atoms with Crippen molar-refractivity contribution in [3.05, 3.63) is 53.6 Å². The molecule has 76 valence electrons. The smallest absolute Gasteiger partial charge is 0.0350 e. The first-order valence-corrected chi connectivity index (χ1v) is 5.14. The summed E-state index contributed by atoms with van der Waals surface area (Å²) in [6, 6.07) is 12.6. The molecule has 0 saturated carbocycles. The third-order valence-electron chi connectivity index (χ3n) is 2.76. The normalized spacial score (nSPS) is 12.0. The molecule has 2 rings (SSSR count). The summed E-state index contributed by atoms with van der Waals surface area (Å²) in [7, 11) is 0. The Morgan fingerprint density at radius 1 is 1.07 bits per heavy atom. The molecule has 0 radical (unpaired) electrons. The van der Waals surface area contributed by atoms with Gasteiger partial charge in [0.1, 0.15) is 0 Å². The minimum absolute atomic E-state index is 0.839. The maximum atomic E-state index is 5.97. The Kier molecular flexibility index (Phi) is 2.46. The first-order chi connectivity index (χ1) is 7.24. The number of hydrogen-bond donors (Lipinski definition) is 1. The largest absolute Gasteiger partial charge is 0.398 e. The van der Waals surface area contributed by atoms with E-state index in [2.05, 4.69) is 37.3 Å². The first-order valence-electron chi connectivity index (χ1n) is 5.14. The highest BCUT2D eigenvalue weighted by atomic mass is 14.6. The second-order valence-corrected chi connectivity index (χ2v) is 3.72. The van der Waals surface area contributed by atoms with Gasteiger partial charge in [-0.3, -0.25) is 0 Å². The highest BCUT2D eigenvalue weighted by Gasteiger charge is 2.03. The predicted octanol–water partition coefficient (Wildman–Crippen LogP) is 3.47. The quantitative estimate of drug-likeness (QED) is 0.744. The Balaban J connectivity index is 2.83. The van der Waals surface area contributed by atoms with E-state index in [0.29, 0.717) is 0 Å². The van der Waals surface area contributed by atoms with Crippen molar-refractivity contribution in [2.75, 3.05) is 0 Å². The van der Waals surface area contributed by atoms with Crippen LogP contribution in [-0.4, -0.2) is 0 Å². The minimum Gasteiger partial charge on any atom is -0.398 e. The second kappa shape index (κ2) is 3.77. The van der Waals surface area contributed by atoms with Gasteiger partial charge in [-0.1, -0.05) is 42.5 Å². The van der Waals surface area contributed by atoms with Gasteiger partial charge in [-0.2, -0.15) is 0 Å². The Bertz CT molecular complexity index is 524. The number of benzene rings is 2. The highest BCUT2D eigenvalue weighted by Crippen LogP contribution is 2.25. The summed E-state index contributed by atoms with van der Waals surface area (Å²) in [6.45, 7) is 4.09. The molecule has 1 heteroatoms. The summed E-state index contributed by atoms with van der Waals surface area (Å²) >= 11 is 0. The van der Waals surface area contributed by atoms with E-state index in [1.54, 1.807) is 0 Å². The molecule has 1 nitrogen and oxygen atoms in total. The van der Waals surface area contributed by atoms with Gasteiger partial charge >= 0.3 is 0 Å². The van der Waals surface area contributed by atoms with Crippen LogP contribution in [-0.2, 0) is 0 Å². The summed E-state index contributed by atoms with van der Waals surface area (Å²) in [4.78, 5) is 0. The zero-order chi connectivity index (χ0) is 10.8. The second-order valence-electron chi connectivity index (χ2n) is 3.72. The van der Waals surface area contributed by atoms with Gasteiger partial charge in [0.2, 0.25) is 0 Å². The predicted molar refractivity (Wildman–Crippen MR) is 66.5 cm³/mol. The molecule has 0 aliphatic rings. The van der Waals surface area contributed by atoms with E-state index in [4.69, 9.17) is 5.73 Å². The molecule has 0 heterocycles. The summed E-state index contributed by atoms with van der Waals surface area (Å²) in [6.07, 6.45) is 1.94. The van der Waals surface area contributed by atoms with Gasteiger partial charge in [0.05, 0.1) is 0 Å². The standard InChI is InChI=1S/C14H15N/c1-3-14(15)13-9-8-10(2)11-6-4-5-7-12(11)13/h3-9H,15H2,1-2H3/b14-3-. The molecule has 0 atom stereocenters. The molecule has 0 aromatic heterocycles. The van der Waals surface area contributed by atoms with Crippen molar-refractivity contribution in [3.8, 4) is 0 Å². The van der Waals surface area contributed by atoms with Crippen LogP contribution in [0, 0.1) is 6.92 Å². The van der Waals surface area contributed by atoms with E-state index in [0.717, 1.165) is 11.3 Å². The van der Waals surface area contributed by atoms with Crippen molar-refractivity contribution in [2.45, 2.75) is 13.8 Å². The number of rotatable bonds is 1. The molecule has 0 amide bonds. The Hall–Kier alpha value is -1.76. The number of hydrogen-bond acceptors (Lipinski definition) is 1. The van der Waals surface area contributed by atoms with Crippen LogP contribution in [0.5, 0.6) is 0 Å². The monoisotopic (exact) mass is 197 g/mol. The average Bonchev–Trinajstić information content (AvgIpc) is 2.29. The van der Waals surface area contributed by atoms with E-state index in [1.165, 1.54) is 16.3 Å². The summed E-state index contributed by atoms with van der Waals surface area (Å²) in [5.74, 6) is 0. The van der Waals surface area contributed by atoms with Gasteiger partial charge in [0, 0.05) is 11.3 Å². The molecule has 2 aromatic carbocycles. The molecule has 0 fully saturated rings. The zero-order valence-corrected chi connectivity index (χ0v) is 9.12. The van der Waals surface area contributed by atoms with Gasteiger partial charge in [-0.05, 0) is 30.2 Å². The van der Waals surface area contributed by atoms with Gasteiger partial charge in [-0.15, -0.1) is 0 Å². The van der Waals surface area contributed by atoms with Crippen LogP contribution < -0.4 is 5.73 Å². The molecular formula is C14H15N. The van der Waals surface area contributed by atoms with E-state index in [9.17, 15) is 0 Å². The molecule has 0 aliphatic heterocycles. The van der Waals surface area contributed by atoms with Crippen molar-refractivity contribution in [2.24, 2.45) is 5.73 Å². The van der Waals surface area contributed by atoms with E-state index >= 15 is 0 Å². The lowest BCUT2D eigenvalue weighted by molar-refractivity contribution is 1.48. The maximum absolute atomic E-state index is 5.97. The van der Waals surface area contributed by atoms with Crippen molar-refractivity contribution >= 4 is 16.5 Å². The fraction of sp³-hybridized carbons (Fsp3) is 0.143. The van der Waals surface area contributed by atoms with Crippen molar-refractivity contribution in [1.29, 1.82) is 0 Å². The molecular weight excluding hydrogens is 182 g/mol. The fourth-order valence-corrected chi connectivity index (χ4v) is 1.86. The molecule has 0 bridgehead atoms. The first kappa shape index (κ1) is 9.78. The topological polar surface area (TPSA) is 26.0 Å². The van der Waals surface area contributed by atoms with Crippen LogP contribution >= 0.6 is 0 Å². The minimum atomic E-state index is 0.839. The molecule has 2 N–H and O–H groups in total. The molecule has 15 heavy (non-hydrogen) atoms. The number of allylic oxidation sites excluding steroid dienone is 1. The molecule has 0 aliphatic carbocycles. The van der Waals surface area contributed by atoms with Crippen LogP contribution in [0.3, 0.4) is 0 Å². The van der Waals surface area contributed by atoms with E-state index < -0.39 is 0 Å². The third kappa shape index (κ3) is 1.61. The lowest BCUT2D eigenvalue weighted by Crippen LogP contribution is -1.97. The lowest BCUT2D eigenvalue weighted by Gasteiger charge is -2.08. The van der Waals surface area contributed by atoms with Gasteiger partial charge in [0.25, 0.3) is 0 Å². The van der Waals surface area contributed by atoms with Crippen LogP contribution in [0.25, 0.3) is 16.5 Å². The summed E-state index contributed by atoms with van der Waals surface area (Å²) < 4.78 is 0. The van der Waals surface area contributed by atoms with Crippen LogP contribution in [0.15, 0.2) is 42.5 Å². The molecule has 0 unspecified atom stereocenters. The van der Waals surface area contributed by atoms with Gasteiger partial charge in [0.15, 0.2) is 0 Å². The Morgan fingerprint density at radius 3 is 2.40 bits per heavy atom. The summed E-state index contributed by atoms with van der Waals surface area (Å²) in [5.41, 5.74) is 9.22. The van der Waals surface area contributed by atoms with Crippen molar-refractivity contribution in [1.82, 2.24) is 0 Å². The van der Waals surface area contributed by atoms with Crippen molar-refractivity contribution in [3.63, 3.8) is 0 Å². The average molecular weight is 197 g/mol. The number of nitrogens with two attached hydrogens (primary N) is 1. The van der Waals surface area contributed by atoms with E-state index in [-0.39, 0.29) is 0 Å². The third-order valence-corrected chi connectivity index (χ3v) is 2.76. The maximum Gasteiger partial charge on any atom is 0.0350 e. The molecule has 0 saturated heterocycles. The fourth-order valence-electron chi connectivity index (χ4n) is 1.86. The number of aryl methyl sites for hydroxylation is 1. The van der Waals surface area contributed by atoms with Crippen LogP contribution in [0.4, 0.5) is 0 Å². The highest BCUT2D eigenvalue weighted by molar-refractivity contribution is 5.95. The SMILES string of the molecule is C/C=C(\N)c1ccc(C)c2ccccc12. The lowest BCUT2D eigenvalue weighted by atomic mass is 9.98. The van der Waals surface area contributed by atoms with Crippen LogP contribution in [0.2, 0.25) is 0 Å². The van der Waals surface area contributed by atoms with E-state index in [1.807, 2.05) is 19.1 Å². The molecule has 0 spiro atoms. The van der Waals surface area contributed by atoms with Gasteiger partial charge < -0.3 is 5.73 Å². The van der Waals surface area contributed by atoms with Gasteiger partial charge in [-0.25, -0.2) is 0 Å². The zero-order valence-electron chi connectivity index (χ0n) is 9.12. The Labute approximate surface area is 90.2 Å². The van der Waals surface area contributed by atoms with Crippen molar-refractivity contribution < 1.29 is 0 Å². The van der Waals surface area contributed by atoms with Crippen LogP contribution in [0.1, 0.15) is 18.1 Å². The summed E-state index contributed by atoms with van der Waals surface area (Å²) in [5, 5.41) is 2.51.